The molecule has 0 aliphatic rings. The molecule has 2 aromatic carbocycles. The largest absolute Gasteiger partial charge is 0.497 e. The molecule has 0 bridgehead atoms. The van der Waals surface area contributed by atoms with Crippen LogP contribution in [0.5, 0.6) is 5.75 Å². The van der Waals surface area contributed by atoms with Crippen LogP contribution in [0.4, 0.5) is 0 Å². The van der Waals surface area contributed by atoms with Crippen LogP contribution in [0.25, 0.3) is 10.8 Å². The van der Waals surface area contributed by atoms with Gasteiger partial charge in [0.2, 0.25) is 11.8 Å². The van der Waals surface area contributed by atoms with Crippen LogP contribution in [0.3, 0.4) is 0 Å². The van der Waals surface area contributed by atoms with Crippen molar-refractivity contribution in [3.63, 3.8) is 0 Å². The average Bonchev–Trinajstić information content (AvgIpc) is 2.57. The Morgan fingerprint density at radius 3 is 2.33 bits per heavy atom. The van der Waals surface area contributed by atoms with Gasteiger partial charge in [-0.05, 0) is 41.3 Å². The second kappa shape index (κ2) is 7.81. The molecule has 128 valence electrons. The molecule has 5 nitrogen and oxygen atoms in total. The molecule has 2 rings (SSSR count). The van der Waals surface area contributed by atoms with E-state index < -0.39 is 0 Å². The first kappa shape index (κ1) is 17.8. The highest BCUT2D eigenvalue weighted by atomic mass is 16.5. The van der Waals surface area contributed by atoms with Crippen LogP contribution in [0.2, 0.25) is 0 Å². The van der Waals surface area contributed by atoms with Gasteiger partial charge in [-0.3, -0.25) is 20.4 Å². The molecule has 1 unspecified atom stereocenters. The summed E-state index contributed by atoms with van der Waals surface area (Å²) in [4.78, 5) is 23.8. The maximum absolute atomic E-state index is 12.2. The van der Waals surface area contributed by atoms with Crippen molar-refractivity contribution in [3.8, 4) is 5.75 Å². The zero-order valence-electron chi connectivity index (χ0n) is 14.6. The Hall–Kier alpha value is -2.56. The minimum absolute atomic E-state index is 0.184. The smallest absolute Gasteiger partial charge is 0.245 e. The molecule has 24 heavy (non-hydrogen) atoms. The molecular formula is C19H24N2O3. The number of ether oxygens (including phenoxy) is 1. The van der Waals surface area contributed by atoms with Gasteiger partial charge in [0.1, 0.15) is 5.75 Å². The van der Waals surface area contributed by atoms with Gasteiger partial charge < -0.3 is 4.74 Å². The van der Waals surface area contributed by atoms with E-state index in [4.69, 9.17) is 4.74 Å². The quantitative estimate of drug-likeness (QED) is 0.829. The lowest BCUT2D eigenvalue weighted by Crippen LogP contribution is -2.43. The maximum Gasteiger partial charge on any atom is 0.245 e. The van der Waals surface area contributed by atoms with Crippen molar-refractivity contribution in [2.24, 2.45) is 5.92 Å². The second-order valence-corrected chi connectivity index (χ2v) is 6.33. The number of carbonyl (C=O) groups is 2. The predicted octanol–water partition coefficient (Wildman–Crippen LogP) is 3.15. The van der Waals surface area contributed by atoms with Gasteiger partial charge in [0.05, 0.1) is 13.0 Å². The third-order valence-electron chi connectivity index (χ3n) is 3.88. The molecule has 0 saturated heterocycles. The number of hydrogen-bond donors (Lipinski definition) is 2. The molecular weight excluding hydrogens is 304 g/mol. The van der Waals surface area contributed by atoms with Crippen LogP contribution in [-0.4, -0.2) is 18.9 Å². The number of amides is 2. The van der Waals surface area contributed by atoms with Crippen molar-refractivity contribution in [1.29, 1.82) is 0 Å². The molecule has 0 aromatic heterocycles. The second-order valence-electron chi connectivity index (χ2n) is 6.33. The summed E-state index contributed by atoms with van der Waals surface area (Å²) in [7, 11) is 1.63. The molecule has 0 radical (unpaired) electrons. The summed E-state index contributed by atoms with van der Waals surface area (Å²) in [5.41, 5.74) is 5.85. The van der Waals surface area contributed by atoms with Crippen molar-refractivity contribution in [3.05, 3.63) is 42.0 Å². The predicted molar refractivity (Wildman–Crippen MR) is 94.7 cm³/mol. The fourth-order valence-corrected chi connectivity index (χ4v) is 2.45. The summed E-state index contributed by atoms with van der Waals surface area (Å²) in [6, 6.07) is 11.7. The van der Waals surface area contributed by atoms with E-state index in [9.17, 15) is 9.59 Å². The number of benzene rings is 2. The van der Waals surface area contributed by atoms with Crippen LogP contribution < -0.4 is 15.6 Å². The summed E-state index contributed by atoms with van der Waals surface area (Å²) in [5, 5.41) is 2.09. The van der Waals surface area contributed by atoms with Gasteiger partial charge in [-0.15, -0.1) is 0 Å². The summed E-state index contributed by atoms with van der Waals surface area (Å²) in [5.74, 6) is 0.262. The Kier molecular flexibility index (Phi) is 5.79. The number of nitrogens with one attached hydrogen (secondary N) is 2. The molecule has 1 atom stereocenters. The van der Waals surface area contributed by atoms with Gasteiger partial charge in [0.15, 0.2) is 0 Å². The first-order valence-electron chi connectivity index (χ1n) is 8.07. The topological polar surface area (TPSA) is 67.4 Å². The molecule has 2 N–H and O–H groups in total. The fraction of sp³-hybridized carbons (Fsp3) is 0.368. The van der Waals surface area contributed by atoms with Gasteiger partial charge >= 0.3 is 0 Å². The van der Waals surface area contributed by atoms with Crippen molar-refractivity contribution in [2.75, 3.05) is 7.11 Å². The zero-order chi connectivity index (χ0) is 17.7. The lowest BCUT2D eigenvalue weighted by Gasteiger charge is -2.14. The Morgan fingerprint density at radius 2 is 1.67 bits per heavy atom. The molecule has 0 aliphatic heterocycles. The molecule has 0 aliphatic carbocycles. The number of fused-ring (bicyclic) bond motifs is 1. The Morgan fingerprint density at radius 1 is 1.00 bits per heavy atom. The molecule has 0 saturated carbocycles. The monoisotopic (exact) mass is 328 g/mol. The highest BCUT2D eigenvalue weighted by Gasteiger charge is 2.16. The molecule has 0 heterocycles. The first-order valence-corrected chi connectivity index (χ1v) is 8.07. The van der Waals surface area contributed by atoms with E-state index in [0.29, 0.717) is 6.42 Å². The van der Waals surface area contributed by atoms with Crippen LogP contribution in [0.1, 0.15) is 38.7 Å². The van der Waals surface area contributed by atoms with E-state index >= 15 is 0 Å². The Balaban J connectivity index is 2.05. The lowest BCUT2D eigenvalue weighted by atomic mass is 9.97. The highest BCUT2D eigenvalue weighted by molar-refractivity contribution is 5.89. The minimum Gasteiger partial charge on any atom is -0.497 e. The first-order chi connectivity index (χ1) is 11.4. The van der Waals surface area contributed by atoms with E-state index in [0.717, 1.165) is 22.1 Å². The highest BCUT2D eigenvalue weighted by Crippen LogP contribution is 2.25. The van der Waals surface area contributed by atoms with Crippen molar-refractivity contribution >= 4 is 22.6 Å². The minimum atomic E-state index is -0.365. The standard InChI is InChI=1S/C19H24N2O3/c1-12(2)9-18(22)20-21-19(23)13(3)14-5-6-16-11-17(24-4)8-7-15(16)10-14/h5-8,10-13H,9H2,1-4H3,(H,20,22)(H,21,23). The van der Waals surface area contributed by atoms with Crippen LogP contribution in [0, 0.1) is 5.92 Å². The summed E-state index contributed by atoms with van der Waals surface area (Å²) >= 11 is 0. The maximum atomic E-state index is 12.2. The molecule has 0 fully saturated rings. The fourth-order valence-electron chi connectivity index (χ4n) is 2.45. The molecule has 5 heteroatoms. The lowest BCUT2D eigenvalue weighted by molar-refractivity contribution is -0.129. The number of methoxy groups -OCH3 is 1. The van der Waals surface area contributed by atoms with Gasteiger partial charge in [0, 0.05) is 6.42 Å². The van der Waals surface area contributed by atoms with Gasteiger partial charge in [0.25, 0.3) is 0 Å². The Bertz CT molecular complexity index is 740. The SMILES string of the molecule is COc1ccc2cc(C(C)C(=O)NNC(=O)CC(C)C)ccc2c1. The Labute approximate surface area is 142 Å². The van der Waals surface area contributed by atoms with Gasteiger partial charge in [-0.2, -0.15) is 0 Å². The average molecular weight is 328 g/mol. The summed E-state index contributed by atoms with van der Waals surface area (Å²) < 4.78 is 5.22. The summed E-state index contributed by atoms with van der Waals surface area (Å²) in [6.45, 7) is 5.72. The van der Waals surface area contributed by atoms with Crippen molar-refractivity contribution < 1.29 is 14.3 Å². The number of hydrogen-bond acceptors (Lipinski definition) is 3. The van der Waals surface area contributed by atoms with Crippen molar-refractivity contribution in [2.45, 2.75) is 33.1 Å². The number of hydrazine groups is 1. The normalized spacial score (nSPS) is 12.0. The van der Waals surface area contributed by atoms with Crippen LogP contribution in [-0.2, 0) is 9.59 Å². The van der Waals surface area contributed by atoms with Crippen molar-refractivity contribution in [1.82, 2.24) is 10.9 Å². The van der Waals surface area contributed by atoms with E-state index in [1.807, 2.05) is 57.2 Å². The number of rotatable bonds is 5. The van der Waals surface area contributed by atoms with E-state index in [1.165, 1.54) is 0 Å². The van der Waals surface area contributed by atoms with E-state index in [2.05, 4.69) is 10.9 Å². The van der Waals surface area contributed by atoms with Crippen LogP contribution >= 0.6 is 0 Å². The van der Waals surface area contributed by atoms with Gasteiger partial charge in [-0.1, -0.05) is 38.1 Å². The third kappa shape index (κ3) is 4.47. The van der Waals surface area contributed by atoms with Crippen LogP contribution in [0.15, 0.2) is 36.4 Å². The summed E-state index contributed by atoms with van der Waals surface area (Å²) in [6.07, 6.45) is 0.381. The molecule has 2 amide bonds. The van der Waals surface area contributed by atoms with Gasteiger partial charge in [-0.25, -0.2) is 0 Å². The third-order valence-corrected chi connectivity index (χ3v) is 3.88. The van der Waals surface area contributed by atoms with E-state index in [1.54, 1.807) is 7.11 Å². The van der Waals surface area contributed by atoms with E-state index in [-0.39, 0.29) is 23.7 Å². The molecule has 2 aromatic rings. The molecule has 0 spiro atoms. The number of carbonyl (C=O) groups excluding carboxylic acids is 2. The zero-order valence-corrected chi connectivity index (χ0v) is 14.6.